The number of nitrogens with one attached hydrogen (secondary N) is 2. The molecule has 0 aliphatic carbocycles. The Labute approximate surface area is 228 Å². The molecule has 2 aromatic carbocycles. The van der Waals surface area contributed by atoms with Crippen LogP contribution in [0.15, 0.2) is 42.3 Å². The van der Waals surface area contributed by atoms with E-state index in [4.69, 9.17) is 34.3 Å². The van der Waals surface area contributed by atoms with Gasteiger partial charge in [-0.25, -0.2) is 0 Å². The summed E-state index contributed by atoms with van der Waals surface area (Å²) in [4.78, 5) is 38.1. The Hall–Kier alpha value is -3.23. The minimum absolute atomic E-state index is 0.213. The Morgan fingerprint density at radius 2 is 1.88 bits per heavy atom. The van der Waals surface area contributed by atoms with Crippen LogP contribution in [0.5, 0.6) is 0 Å². The van der Waals surface area contributed by atoms with Crippen molar-refractivity contribution in [3.05, 3.63) is 64.6 Å². The summed E-state index contributed by atoms with van der Waals surface area (Å²) >= 11 is 0. The maximum absolute atomic E-state index is 13.8. The molecule has 1 atom stereocenters. The van der Waals surface area contributed by atoms with Gasteiger partial charge in [0, 0.05) is 69.4 Å². The van der Waals surface area contributed by atoms with Crippen molar-refractivity contribution in [3.8, 4) is 0 Å². The molecular formula is C25H28N4O4. The van der Waals surface area contributed by atoms with E-state index in [0.717, 1.165) is 0 Å². The molecule has 3 aliphatic rings. The molecule has 0 spiro atoms. The monoisotopic (exact) mass is 473 g/mol. The zero-order valence-corrected chi connectivity index (χ0v) is 16.1. The van der Waals surface area contributed by atoms with Crippen molar-refractivity contribution >= 4 is 23.4 Å². The van der Waals surface area contributed by atoms with Gasteiger partial charge in [-0.3, -0.25) is 24.6 Å². The van der Waals surface area contributed by atoms with Gasteiger partial charge in [0.1, 0.15) is 6.04 Å². The first-order valence-electron chi connectivity index (χ1n) is 21.5. The van der Waals surface area contributed by atoms with Gasteiger partial charge in [0.2, 0.25) is 11.8 Å². The van der Waals surface area contributed by atoms with Crippen molar-refractivity contribution in [2.24, 2.45) is 0 Å². The fraction of sp³-hybridized carbons (Fsp3) is 0.400. The SMILES string of the molecule is [2H]c1c([2H])c(NC([2H])([2H])c2c([2H])c([2H])c(C([2H])([2H])N3C([2H])([2H])C([2H])([2H])OC([2H])([2H])C3([2H])[2H])c([2H])c2[2H])c2c(c1[2H])C(=O)N([C@@H]1C(=O)NC(=O)C([2H])([2H])C1([2H])[2H])C2([2H])[2H]. The molecule has 3 amide bonds. The highest BCUT2D eigenvalue weighted by molar-refractivity contribution is 6.06. The molecule has 3 aliphatic heterocycles. The van der Waals surface area contributed by atoms with Crippen molar-refractivity contribution in [2.45, 2.75) is 38.3 Å². The molecule has 0 bridgehead atoms. The van der Waals surface area contributed by atoms with Gasteiger partial charge in [-0.1, -0.05) is 30.2 Å². The molecule has 3 heterocycles. The maximum Gasteiger partial charge on any atom is 0.255 e. The number of benzene rings is 2. The first-order valence-corrected chi connectivity index (χ1v) is 8.97. The number of hydrogen-bond acceptors (Lipinski definition) is 6. The van der Waals surface area contributed by atoms with Gasteiger partial charge in [0.15, 0.2) is 0 Å². The number of amides is 3. The third-order valence-corrected chi connectivity index (χ3v) is 4.18. The van der Waals surface area contributed by atoms with Crippen molar-refractivity contribution in [1.29, 1.82) is 0 Å². The molecule has 5 rings (SSSR count). The quantitative estimate of drug-likeness (QED) is 0.623. The number of piperidine rings is 1. The zero-order valence-electron chi connectivity index (χ0n) is 41.1. The minimum Gasteiger partial charge on any atom is -0.381 e. The van der Waals surface area contributed by atoms with Crippen LogP contribution in [0.4, 0.5) is 5.69 Å². The summed E-state index contributed by atoms with van der Waals surface area (Å²) in [7, 11) is 0. The van der Waals surface area contributed by atoms with Gasteiger partial charge < -0.3 is 15.0 Å². The van der Waals surface area contributed by atoms with Crippen LogP contribution >= 0.6 is 0 Å². The molecule has 8 heteroatoms. The first-order chi connectivity index (χ1) is 25.7. The minimum atomic E-state index is -4.02. The van der Waals surface area contributed by atoms with E-state index in [1.165, 1.54) is 5.32 Å². The highest BCUT2D eigenvalue weighted by Gasteiger charge is 2.39. The largest absolute Gasteiger partial charge is 0.381 e. The highest BCUT2D eigenvalue weighted by Crippen LogP contribution is 2.32. The van der Waals surface area contributed by atoms with E-state index >= 15 is 0 Å². The molecule has 33 heavy (non-hydrogen) atoms. The van der Waals surface area contributed by atoms with Crippen molar-refractivity contribution < 1.29 is 53.4 Å². The predicted octanol–water partition coefficient (Wildman–Crippen LogP) is 1.89. The Bertz CT molecular complexity index is 2140. The summed E-state index contributed by atoms with van der Waals surface area (Å²) in [6, 6.07) is -12.7. The lowest BCUT2D eigenvalue weighted by molar-refractivity contribution is -0.136. The second-order valence-electron chi connectivity index (χ2n) is 6.25. The molecule has 2 saturated heterocycles. The van der Waals surface area contributed by atoms with E-state index in [1.807, 2.05) is 5.32 Å². The Morgan fingerprint density at radius 3 is 2.67 bits per heavy atom. The van der Waals surface area contributed by atoms with Crippen LogP contribution in [-0.4, -0.2) is 59.7 Å². The number of rotatable bonds is 6. The van der Waals surface area contributed by atoms with Gasteiger partial charge in [0.25, 0.3) is 5.91 Å². The Balaban J connectivity index is 1.71. The van der Waals surface area contributed by atoms with E-state index in [-0.39, 0.29) is 4.90 Å². The molecule has 0 aromatic heterocycles. The lowest BCUT2D eigenvalue weighted by Gasteiger charge is -2.29. The third-order valence-electron chi connectivity index (χ3n) is 4.18. The van der Waals surface area contributed by atoms with Crippen LogP contribution < -0.4 is 10.6 Å². The third kappa shape index (κ3) is 4.62. The van der Waals surface area contributed by atoms with Gasteiger partial charge in [0.05, 0.1) is 33.7 Å². The molecule has 8 nitrogen and oxygen atoms in total. The van der Waals surface area contributed by atoms with Crippen molar-refractivity contribution in [3.63, 3.8) is 0 Å². The van der Waals surface area contributed by atoms with E-state index in [9.17, 15) is 14.4 Å². The van der Waals surface area contributed by atoms with Gasteiger partial charge in [-0.15, -0.1) is 0 Å². The second kappa shape index (κ2) is 9.33. The Morgan fingerprint density at radius 1 is 1.12 bits per heavy atom. The van der Waals surface area contributed by atoms with Crippen molar-refractivity contribution in [2.75, 3.05) is 31.4 Å². The molecule has 0 unspecified atom stereocenters. The zero-order chi connectivity index (χ0) is 45.0. The summed E-state index contributed by atoms with van der Waals surface area (Å²) in [5.74, 6) is -5.27. The number of nitrogens with zero attached hydrogens (tertiary/aromatic N) is 2. The number of ether oxygens (including phenoxy) is 1. The fourth-order valence-electron chi connectivity index (χ4n) is 2.75. The van der Waals surface area contributed by atoms with Crippen LogP contribution in [0.2, 0.25) is 0 Å². The molecule has 172 valence electrons. The average molecular weight is 474 g/mol. The molecule has 2 fully saturated rings. The van der Waals surface area contributed by atoms with Crippen LogP contribution in [0.1, 0.15) is 74.1 Å². The molecular weight excluding hydrogens is 420 g/mol. The number of hydrogen-bond donors (Lipinski definition) is 2. The molecule has 0 saturated carbocycles. The lowest BCUT2D eigenvalue weighted by Crippen LogP contribution is -2.52. The number of carbonyl (C=O) groups excluding carboxylic acids is 3. The number of anilines is 1. The normalized spacial score (nSPS) is 43.8. The second-order valence-corrected chi connectivity index (χ2v) is 6.25. The number of fused-ring (bicyclic) bond motifs is 1. The van der Waals surface area contributed by atoms with Gasteiger partial charge in [-0.05, 0) is 29.6 Å². The summed E-state index contributed by atoms with van der Waals surface area (Å²) < 4.78 is 213. The molecule has 2 N–H and O–H groups in total. The summed E-state index contributed by atoms with van der Waals surface area (Å²) in [6.07, 6.45) is -7.28. The topological polar surface area (TPSA) is 91.0 Å². The summed E-state index contributed by atoms with van der Waals surface area (Å²) in [6.45, 7) is -26.9. The average Bonchev–Trinajstić information content (AvgIpc) is 3.23. The highest BCUT2D eigenvalue weighted by atomic mass is 16.5. The number of morpholine rings is 1. The van der Waals surface area contributed by atoms with Gasteiger partial charge >= 0.3 is 0 Å². The lowest BCUT2D eigenvalue weighted by atomic mass is 10.0. The van der Waals surface area contributed by atoms with E-state index in [2.05, 4.69) is 4.74 Å². The van der Waals surface area contributed by atoms with E-state index in [0.29, 0.717) is 0 Å². The van der Waals surface area contributed by atoms with Crippen LogP contribution in [0, 0.1) is 0 Å². The van der Waals surface area contributed by atoms with Crippen LogP contribution in [-0.2, 0) is 33.8 Å². The number of imide groups is 1. The molecule has 2 aromatic rings. The van der Waals surface area contributed by atoms with Crippen LogP contribution in [0.25, 0.3) is 0 Å². The predicted molar refractivity (Wildman–Crippen MR) is 122 cm³/mol. The molecule has 0 radical (unpaired) electrons. The summed E-state index contributed by atoms with van der Waals surface area (Å²) in [5, 5.41) is 3.37. The standard InChI is InChI=1S/C25H28N4O4/c30-23-9-8-22(24(31)27-23)29-16-20-19(25(29)32)2-1-3-21(20)26-14-17-4-6-18(7-5-17)15-28-10-12-33-13-11-28/h1-7,22,26H,8-16H2,(H,27,30,31)/t22-/m0/s1/i1D,2D,3D,4D,5D,6D,7D,8D2,9D2,10D2,11D2,12D2,13D2,14D2,15D2,16D2. The number of carbonyl (C=O) groups is 3. The van der Waals surface area contributed by atoms with E-state index < -0.39 is 157 Å². The smallest absolute Gasteiger partial charge is 0.255 e. The fourth-order valence-corrected chi connectivity index (χ4v) is 2.75. The maximum atomic E-state index is 13.8. The van der Waals surface area contributed by atoms with E-state index in [1.54, 1.807) is 0 Å². The first kappa shape index (κ1) is 7.13. The summed E-state index contributed by atoms with van der Waals surface area (Å²) in [5.41, 5.74) is -6.59. The van der Waals surface area contributed by atoms with Gasteiger partial charge in [-0.2, -0.15) is 0 Å². The Kier molecular flexibility index (Phi) is 2.02. The van der Waals surface area contributed by atoms with Crippen molar-refractivity contribution in [1.82, 2.24) is 15.1 Å². The van der Waals surface area contributed by atoms with Crippen LogP contribution in [0.3, 0.4) is 0 Å².